The summed E-state index contributed by atoms with van der Waals surface area (Å²) < 4.78 is 68.8. The molecular weight excluding hydrogens is 470 g/mol. The third kappa shape index (κ3) is 5.58. The first-order valence-electron chi connectivity index (χ1n) is 11.9. The first kappa shape index (κ1) is 27.3. The lowest BCUT2D eigenvalue weighted by Crippen LogP contribution is -2.60. The van der Waals surface area contributed by atoms with E-state index in [0.29, 0.717) is 32.1 Å². The van der Waals surface area contributed by atoms with Gasteiger partial charge in [0, 0.05) is 6.42 Å². The summed E-state index contributed by atoms with van der Waals surface area (Å²) in [6.45, 7) is 10.5. The van der Waals surface area contributed by atoms with Gasteiger partial charge in [0.1, 0.15) is 5.60 Å². The van der Waals surface area contributed by atoms with Crippen LogP contribution in [0, 0.1) is 34.0 Å². The van der Waals surface area contributed by atoms with Crippen LogP contribution in [0.25, 0.3) is 0 Å². The molecule has 0 radical (unpaired) electrons. The molecule has 3 atom stereocenters. The van der Waals surface area contributed by atoms with Gasteiger partial charge < -0.3 is 9.47 Å². The first-order chi connectivity index (χ1) is 15.2. The Hall–Kier alpha value is -1.29. The van der Waals surface area contributed by atoms with E-state index in [0.717, 1.165) is 6.42 Å². The van der Waals surface area contributed by atoms with E-state index in [1.165, 1.54) is 0 Å². The average molecular weight is 509 g/mol. The molecule has 4 aliphatic rings. The Morgan fingerprint density at radius 3 is 2.00 bits per heavy atom. The quantitative estimate of drug-likeness (QED) is 0.381. The van der Waals surface area contributed by atoms with Crippen LogP contribution in [0.5, 0.6) is 0 Å². The van der Waals surface area contributed by atoms with Gasteiger partial charge in [-0.1, -0.05) is 41.5 Å². The summed E-state index contributed by atoms with van der Waals surface area (Å²) in [7, 11) is -5.70. The van der Waals surface area contributed by atoms with Gasteiger partial charge in [-0.25, -0.2) is 0 Å². The number of rotatable bonds is 7. The van der Waals surface area contributed by atoms with E-state index in [-0.39, 0.29) is 41.0 Å². The molecule has 0 heterocycles. The molecule has 3 unspecified atom stereocenters. The zero-order valence-electron chi connectivity index (χ0n) is 20.9. The largest absolute Gasteiger partial charge is 0.459 e. The van der Waals surface area contributed by atoms with Crippen molar-refractivity contribution in [3.63, 3.8) is 0 Å². The molecule has 1 N–H and O–H groups in total. The highest BCUT2D eigenvalue weighted by molar-refractivity contribution is 7.86. The lowest BCUT2D eigenvalue weighted by Gasteiger charge is -2.60. The van der Waals surface area contributed by atoms with Crippen molar-refractivity contribution >= 4 is 22.1 Å². The Morgan fingerprint density at radius 2 is 1.56 bits per heavy atom. The van der Waals surface area contributed by atoms with E-state index in [1.54, 1.807) is 0 Å². The van der Waals surface area contributed by atoms with Crippen molar-refractivity contribution in [3.05, 3.63) is 0 Å². The second-order valence-electron chi connectivity index (χ2n) is 13.2. The molecule has 0 spiro atoms. The van der Waals surface area contributed by atoms with Gasteiger partial charge in [0.15, 0.2) is 6.61 Å². The van der Waals surface area contributed by atoms with Crippen LogP contribution in [-0.2, 0) is 29.2 Å². The summed E-state index contributed by atoms with van der Waals surface area (Å²) in [5, 5.41) is -4.58. The second kappa shape index (κ2) is 8.39. The van der Waals surface area contributed by atoms with E-state index < -0.39 is 39.0 Å². The van der Waals surface area contributed by atoms with Gasteiger partial charge in [-0.2, -0.15) is 17.2 Å². The Labute approximate surface area is 201 Å². The molecule has 0 aliphatic heterocycles. The SMILES string of the molecule is CC(C)(C)CC(C(=O)OC12CC3CC(C1)CC(C(=O)OCC(F)(F)S(=O)(=O)O)(C3)C2)C(C)(C)C. The molecule has 7 nitrogen and oxygen atoms in total. The number of alkyl halides is 2. The zero-order chi connectivity index (χ0) is 26.0. The fourth-order valence-electron chi connectivity index (χ4n) is 6.55. The summed E-state index contributed by atoms with van der Waals surface area (Å²) in [6, 6.07) is 0. The molecule has 4 bridgehead atoms. The third-order valence-corrected chi connectivity index (χ3v) is 8.53. The average Bonchev–Trinajstić information content (AvgIpc) is 2.60. The first-order valence-corrected chi connectivity index (χ1v) is 13.4. The fraction of sp³-hybridized carbons (Fsp3) is 0.917. The van der Waals surface area contributed by atoms with Crippen LogP contribution in [0.2, 0.25) is 0 Å². The van der Waals surface area contributed by atoms with Crippen molar-refractivity contribution in [2.45, 2.75) is 97.3 Å². The van der Waals surface area contributed by atoms with Crippen molar-refractivity contribution in [2.75, 3.05) is 6.61 Å². The van der Waals surface area contributed by atoms with Gasteiger partial charge in [-0.3, -0.25) is 14.1 Å². The van der Waals surface area contributed by atoms with E-state index >= 15 is 0 Å². The number of hydrogen-bond acceptors (Lipinski definition) is 6. The molecule has 0 aromatic rings. The number of esters is 2. The molecule has 0 amide bonds. The van der Waals surface area contributed by atoms with E-state index in [4.69, 9.17) is 14.0 Å². The summed E-state index contributed by atoms with van der Waals surface area (Å²) >= 11 is 0. The van der Waals surface area contributed by atoms with Crippen molar-refractivity contribution in [2.24, 2.45) is 34.0 Å². The maximum Gasteiger partial charge on any atom is 0.402 e. The van der Waals surface area contributed by atoms with Crippen LogP contribution < -0.4 is 0 Å². The molecule has 34 heavy (non-hydrogen) atoms. The monoisotopic (exact) mass is 508 g/mol. The predicted molar refractivity (Wildman–Crippen MR) is 120 cm³/mol. The van der Waals surface area contributed by atoms with Gasteiger partial charge in [0.2, 0.25) is 0 Å². The van der Waals surface area contributed by atoms with Crippen LogP contribution in [0.1, 0.15) is 86.5 Å². The molecule has 4 rings (SSSR count). The smallest absolute Gasteiger partial charge is 0.402 e. The van der Waals surface area contributed by atoms with Gasteiger partial charge in [0.05, 0.1) is 11.3 Å². The Kier molecular flexibility index (Phi) is 6.74. The lowest BCUT2D eigenvalue weighted by atomic mass is 9.48. The summed E-state index contributed by atoms with van der Waals surface area (Å²) in [4.78, 5) is 26.5. The van der Waals surface area contributed by atoms with Crippen molar-refractivity contribution < 1.29 is 40.8 Å². The Morgan fingerprint density at radius 1 is 1.03 bits per heavy atom. The van der Waals surface area contributed by atoms with Gasteiger partial charge in [-0.05, 0) is 61.2 Å². The van der Waals surface area contributed by atoms with Gasteiger partial charge in [0.25, 0.3) is 0 Å². The van der Waals surface area contributed by atoms with Crippen molar-refractivity contribution in [1.29, 1.82) is 0 Å². The molecule has 10 heteroatoms. The molecule has 0 aromatic heterocycles. The Balaban J connectivity index is 1.80. The van der Waals surface area contributed by atoms with Crippen LogP contribution >= 0.6 is 0 Å². The number of carbonyl (C=O) groups is 2. The minimum Gasteiger partial charge on any atom is -0.459 e. The topological polar surface area (TPSA) is 107 Å². The maximum absolute atomic E-state index is 13.7. The lowest BCUT2D eigenvalue weighted by molar-refractivity contribution is -0.219. The minimum atomic E-state index is -5.70. The van der Waals surface area contributed by atoms with E-state index in [9.17, 15) is 26.8 Å². The highest BCUT2D eigenvalue weighted by Gasteiger charge is 2.63. The van der Waals surface area contributed by atoms with E-state index in [1.807, 2.05) is 20.8 Å². The van der Waals surface area contributed by atoms with Crippen LogP contribution in [0.15, 0.2) is 0 Å². The van der Waals surface area contributed by atoms with Crippen molar-refractivity contribution in [3.8, 4) is 0 Å². The fourth-order valence-corrected chi connectivity index (χ4v) is 6.76. The molecule has 196 valence electrons. The van der Waals surface area contributed by atoms with Gasteiger partial charge in [-0.15, -0.1) is 0 Å². The highest BCUT2D eigenvalue weighted by Crippen LogP contribution is 2.63. The summed E-state index contributed by atoms with van der Waals surface area (Å²) in [5.41, 5.74) is -2.37. The van der Waals surface area contributed by atoms with Gasteiger partial charge >= 0.3 is 27.3 Å². The number of halogens is 2. The third-order valence-electron chi connectivity index (χ3n) is 7.65. The predicted octanol–water partition coefficient (Wildman–Crippen LogP) is 4.99. The van der Waals surface area contributed by atoms with Crippen LogP contribution in [0.3, 0.4) is 0 Å². The zero-order valence-corrected chi connectivity index (χ0v) is 21.8. The highest BCUT2D eigenvalue weighted by atomic mass is 32.2. The number of ether oxygens (including phenoxy) is 2. The van der Waals surface area contributed by atoms with Crippen LogP contribution in [0.4, 0.5) is 8.78 Å². The molecular formula is C24H38F2O7S. The number of carbonyl (C=O) groups excluding carboxylic acids is 2. The second-order valence-corrected chi connectivity index (χ2v) is 14.8. The molecule has 4 aliphatic carbocycles. The molecule has 0 saturated heterocycles. The van der Waals surface area contributed by atoms with Crippen LogP contribution in [-0.4, -0.2) is 42.4 Å². The standard InChI is InChI=1S/C24H38F2O7S/c1-20(2,3)12-17(21(4,5)6)18(27)33-23-10-15-7-16(11-23)9-22(8-15,13-23)19(28)32-14-24(25,26)34(29,30)31/h15-17H,7-14H2,1-6H3,(H,29,30,31). The maximum atomic E-state index is 13.7. The molecule has 4 saturated carbocycles. The van der Waals surface area contributed by atoms with E-state index in [2.05, 4.69) is 20.8 Å². The normalized spacial score (nSPS) is 32.4. The summed E-state index contributed by atoms with van der Waals surface area (Å²) in [6.07, 6.45) is 3.81. The Bertz CT molecular complexity index is 916. The molecule has 0 aromatic carbocycles. The minimum absolute atomic E-state index is 0.0955. The summed E-state index contributed by atoms with van der Waals surface area (Å²) in [5.74, 6) is -1.37. The van der Waals surface area contributed by atoms with Crippen molar-refractivity contribution in [1.82, 2.24) is 0 Å². The number of hydrogen-bond donors (Lipinski definition) is 1. The molecule has 4 fully saturated rings.